The van der Waals surface area contributed by atoms with Crippen LogP contribution in [0.1, 0.15) is 12.8 Å². The van der Waals surface area contributed by atoms with Crippen molar-refractivity contribution in [3.8, 4) is 0 Å². The highest BCUT2D eigenvalue weighted by Crippen LogP contribution is 2.31. The molecule has 17 heavy (non-hydrogen) atoms. The van der Waals surface area contributed by atoms with E-state index < -0.39 is 0 Å². The summed E-state index contributed by atoms with van der Waals surface area (Å²) in [6.07, 6.45) is 1.25. The van der Waals surface area contributed by atoms with Gasteiger partial charge >= 0.3 is 0 Å². The molecular formula is C11H13IN2O3. The van der Waals surface area contributed by atoms with Crippen molar-refractivity contribution < 1.29 is 10.0 Å². The highest BCUT2D eigenvalue weighted by molar-refractivity contribution is 14.1. The van der Waals surface area contributed by atoms with E-state index in [1.54, 1.807) is 12.1 Å². The number of nitro benzene ring substituents is 1. The summed E-state index contributed by atoms with van der Waals surface area (Å²) >= 11 is 2.06. The van der Waals surface area contributed by atoms with Gasteiger partial charge in [0.25, 0.3) is 5.69 Å². The Labute approximate surface area is 113 Å². The van der Waals surface area contributed by atoms with E-state index in [1.807, 2.05) is 11.0 Å². The van der Waals surface area contributed by atoms with Gasteiger partial charge in [-0.1, -0.05) is 0 Å². The maximum atomic E-state index is 11.0. The smallest absolute Gasteiger partial charge is 0.293 e. The van der Waals surface area contributed by atoms with Gasteiger partial charge < -0.3 is 10.0 Å². The van der Waals surface area contributed by atoms with Crippen LogP contribution in [0.2, 0.25) is 0 Å². The Balaban J connectivity index is 2.33. The van der Waals surface area contributed by atoms with Crippen molar-refractivity contribution >= 4 is 34.0 Å². The number of rotatable bonds is 2. The van der Waals surface area contributed by atoms with Crippen LogP contribution < -0.4 is 4.90 Å². The zero-order chi connectivity index (χ0) is 12.4. The molecular weight excluding hydrogens is 335 g/mol. The van der Waals surface area contributed by atoms with Crippen molar-refractivity contribution in [1.29, 1.82) is 0 Å². The molecule has 0 radical (unpaired) electrons. The van der Waals surface area contributed by atoms with E-state index in [2.05, 4.69) is 22.6 Å². The van der Waals surface area contributed by atoms with Gasteiger partial charge in [-0.15, -0.1) is 0 Å². The lowest BCUT2D eigenvalue weighted by atomic mass is 10.1. The molecule has 1 aromatic carbocycles. The number of hydrogen-bond acceptors (Lipinski definition) is 4. The maximum absolute atomic E-state index is 11.0. The third-order valence-corrected chi connectivity index (χ3v) is 3.54. The van der Waals surface area contributed by atoms with E-state index >= 15 is 0 Å². The summed E-state index contributed by atoms with van der Waals surface area (Å²) in [7, 11) is 0. The highest BCUT2D eigenvalue weighted by Gasteiger charge is 2.24. The van der Waals surface area contributed by atoms with Gasteiger partial charge in [0, 0.05) is 22.7 Å². The van der Waals surface area contributed by atoms with Gasteiger partial charge in [0.05, 0.1) is 11.0 Å². The number of halogens is 1. The van der Waals surface area contributed by atoms with E-state index in [4.69, 9.17) is 0 Å². The molecule has 0 aromatic heterocycles. The number of aliphatic hydroxyl groups is 1. The first kappa shape index (κ1) is 12.6. The average Bonchev–Trinajstić information content (AvgIpc) is 2.28. The predicted octanol–water partition coefficient (Wildman–Crippen LogP) is 2.16. The largest absolute Gasteiger partial charge is 0.391 e. The third kappa shape index (κ3) is 2.86. The summed E-state index contributed by atoms with van der Waals surface area (Å²) in [5.74, 6) is 0. The third-order valence-electron chi connectivity index (χ3n) is 2.87. The summed E-state index contributed by atoms with van der Waals surface area (Å²) in [5, 5.41) is 20.6. The molecule has 5 nitrogen and oxygen atoms in total. The molecule has 1 unspecified atom stereocenters. The highest BCUT2D eigenvalue weighted by atomic mass is 127. The summed E-state index contributed by atoms with van der Waals surface area (Å²) in [6.45, 7) is 1.24. The van der Waals surface area contributed by atoms with Crippen molar-refractivity contribution in [3.05, 3.63) is 31.9 Å². The molecule has 2 rings (SSSR count). The maximum Gasteiger partial charge on any atom is 0.293 e. The zero-order valence-electron chi connectivity index (χ0n) is 9.17. The van der Waals surface area contributed by atoms with Gasteiger partial charge in [-0.05, 0) is 47.6 Å². The minimum Gasteiger partial charge on any atom is -0.391 e. The fraction of sp³-hybridized carbons (Fsp3) is 0.455. The molecule has 0 saturated carbocycles. The minimum absolute atomic E-state index is 0.117. The molecule has 6 heteroatoms. The lowest BCUT2D eigenvalue weighted by Crippen LogP contribution is -2.38. The second-order valence-electron chi connectivity index (χ2n) is 4.13. The van der Waals surface area contributed by atoms with E-state index in [9.17, 15) is 15.2 Å². The van der Waals surface area contributed by atoms with Gasteiger partial charge in [0.2, 0.25) is 0 Å². The number of benzene rings is 1. The number of piperidine rings is 1. The zero-order valence-corrected chi connectivity index (χ0v) is 11.3. The van der Waals surface area contributed by atoms with Gasteiger partial charge in [0.15, 0.2) is 0 Å². The standard InChI is InChI=1S/C11H13IN2O3/c12-8-3-4-10(11(6-8)14(16)17)13-5-1-2-9(15)7-13/h3-4,6,9,15H,1-2,5,7H2. The van der Waals surface area contributed by atoms with Crippen molar-refractivity contribution in [1.82, 2.24) is 0 Å². The molecule has 0 aliphatic carbocycles. The fourth-order valence-electron chi connectivity index (χ4n) is 2.08. The molecule has 0 spiro atoms. The summed E-state index contributed by atoms with van der Waals surface area (Å²) in [5.41, 5.74) is 0.722. The first-order valence-corrected chi connectivity index (χ1v) is 6.53. The summed E-state index contributed by atoms with van der Waals surface area (Å²) in [4.78, 5) is 12.5. The molecule has 1 saturated heterocycles. The molecule has 0 amide bonds. The normalized spacial score (nSPS) is 20.4. The molecule has 1 aliphatic rings. The number of nitrogens with zero attached hydrogens (tertiary/aromatic N) is 2. The second kappa shape index (κ2) is 5.18. The Hall–Kier alpha value is -0.890. The molecule has 1 fully saturated rings. The molecule has 1 atom stereocenters. The van der Waals surface area contributed by atoms with Crippen LogP contribution in [0.4, 0.5) is 11.4 Å². The van der Waals surface area contributed by atoms with Crippen molar-refractivity contribution in [2.75, 3.05) is 18.0 Å². The Morgan fingerprint density at radius 2 is 2.29 bits per heavy atom. The number of β-amino-alcohol motifs (C(OH)–C–C–N with tert-alkyl or cyclic N) is 1. The number of nitro groups is 1. The Morgan fingerprint density at radius 3 is 2.94 bits per heavy atom. The van der Waals surface area contributed by atoms with Crippen molar-refractivity contribution in [3.63, 3.8) is 0 Å². The van der Waals surface area contributed by atoms with E-state index in [1.165, 1.54) is 0 Å². The SMILES string of the molecule is O=[N+]([O-])c1cc(I)ccc1N1CCCC(O)C1. The number of aliphatic hydroxyl groups excluding tert-OH is 1. The Bertz CT molecular complexity index is 439. The summed E-state index contributed by atoms with van der Waals surface area (Å²) in [6, 6.07) is 5.18. The molecule has 1 aromatic rings. The van der Waals surface area contributed by atoms with Gasteiger partial charge in [-0.3, -0.25) is 10.1 Å². The van der Waals surface area contributed by atoms with E-state index in [0.29, 0.717) is 12.2 Å². The van der Waals surface area contributed by atoms with Gasteiger partial charge in [0.1, 0.15) is 5.69 Å². The summed E-state index contributed by atoms with van der Waals surface area (Å²) < 4.78 is 0.843. The van der Waals surface area contributed by atoms with Crippen molar-refractivity contribution in [2.24, 2.45) is 0 Å². The average molecular weight is 348 g/mol. The minimum atomic E-state index is -0.386. The van der Waals surface area contributed by atoms with E-state index in [-0.39, 0.29) is 16.7 Å². The molecule has 1 heterocycles. The van der Waals surface area contributed by atoms with E-state index in [0.717, 1.165) is 23.0 Å². The molecule has 92 valence electrons. The van der Waals surface area contributed by atoms with Gasteiger partial charge in [-0.25, -0.2) is 0 Å². The lowest BCUT2D eigenvalue weighted by Gasteiger charge is -2.31. The Kier molecular flexibility index (Phi) is 3.82. The predicted molar refractivity (Wildman–Crippen MR) is 73.3 cm³/mol. The van der Waals surface area contributed by atoms with Crippen LogP contribution in [0.5, 0.6) is 0 Å². The quantitative estimate of drug-likeness (QED) is 0.505. The van der Waals surface area contributed by atoms with Crippen LogP contribution in [-0.2, 0) is 0 Å². The first-order valence-electron chi connectivity index (χ1n) is 5.45. The number of anilines is 1. The van der Waals surface area contributed by atoms with Crippen LogP contribution in [0.15, 0.2) is 18.2 Å². The number of hydrogen-bond donors (Lipinski definition) is 1. The molecule has 1 N–H and O–H groups in total. The Morgan fingerprint density at radius 1 is 1.53 bits per heavy atom. The first-order chi connectivity index (χ1) is 8.08. The van der Waals surface area contributed by atoms with Crippen LogP contribution in [0.25, 0.3) is 0 Å². The van der Waals surface area contributed by atoms with Crippen LogP contribution in [-0.4, -0.2) is 29.2 Å². The fourth-order valence-corrected chi connectivity index (χ4v) is 2.56. The van der Waals surface area contributed by atoms with Crippen LogP contribution in [0.3, 0.4) is 0 Å². The monoisotopic (exact) mass is 348 g/mol. The topological polar surface area (TPSA) is 66.6 Å². The molecule has 0 bridgehead atoms. The van der Waals surface area contributed by atoms with Crippen molar-refractivity contribution in [2.45, 2.75) is 18.9 Å². The van der Waals surface area contributed by atoms with Crippen LogP contribution >= 0.6 is 22.6 Å². The lowest BCUT2D eigenvalue weighted by molar-refractivity contribution is -0.384. The molecule has 1 aliphatic heterocycles. The van der Waals surface area contributed by atoms with Gasteiger partial charge in [-0.2, -0.15) is 0 Å². The second-order valence-corrected chi connectivity index (χ2v) is 5.38. The van der Waals surface area contributed by atoms with Crippen LogP contribution in [0, 0.1) is 13.7 Å².